The molecule has 0 saturated carbocycles. The summed E-state index contributed by atoms with van der Waals surface area (Å²) in [6.45, 7) is 1.62. The van der Waals surface area contributed by atoms with Crippen molar-refractivity contribution >= 4 is 5.69 Å². The second kappa shape index (κ2) is 5.96. The van der Waals surface area contributed by atoms with Gasteiger partial charge in [0.25, 0.3) is 0 Å². The predicted octanol–water partition coefficient (Wildman–Crippen LogP) is 3.56. The third-order valence-corrected chi connectivity index (χ3v) is 3.01. The van der Waals surface area contributed by atoms with Crippen molar-refractivity contribution in [3.63, 3.8) is 0 Å². The molecule has 20 heavy (non-hydrogen) atoms. The fourth-order valence-electron chi connectivity index (χ4n) is 1.96. The van der Waals surface area contributed by atoms with Crippen LogP contribution in [0.3, 0.4) is 0 Å². The lowest BCUT2D eigenvalue weighted by Gasteiger charge is -2.16. The monoisotopic (exact) mass is 281 g/mol. The summed E-state index contributed by atoms with van der Waals surface area (Å²) in [7, 11) is 0. The van der Waals surface area contributed by atoms with Crippen molar-refractivity contribution in [2.24, 2.45) is 0 Å². The van der Waals surface area contributed by atoms with E-state index in [-0.39, 0.29) is 17.9 Å². The molecule has 1 atom stereocenters. The van der Waals surface area contributed by atoms with E-state index in [0.717, 1.165) is 12.1 Å². The van der Waals surface area contributed by atoms with Gasteiger partial charge in [0.2, 0.25) is 0 Å². The van der Waals surface area contributed by atoms with Gasteiger partial charge in [-0.1, -0.05) is 6.07 Å². The highest BCUT2D eigenvalue weighted by Crippen LogP contribution is 2.22. The van der Waals surface area contributed by atoms with Crippen molar-refractivity contribution in [2.45, 2.75) is 13.0 Å². The van der Waals surface area contributed by atoms with Crippen LogP contribution in [0, 0.1) is 24.4 Å². The fourth-order valence-corrected chi connectivity index (χ4v) is 1.96. The Kier molecular flexibility index (Phi) is 4.29. The van der Waals surface area contributed by atoms with E-state index < -0.39 is 17.7 Å². The first-order chi connectivity index (χ1) is 9.49. The predicted molar refractivity (Wildman–Crippen MR) is 70.9 cm³/mol. The quantitative estimate of drug-likeness (QED) is 0.898. The van der Waals surface area contributed by atoms with Gasteiger partial charge < -0.3 is 10.4 Å². The summed E-state index contributed by atoms with van der Waals surface area (Å²) in [6, 6.07) is 7.52. The minimum absolute atomic E-state index is 0.0790. The second-order valence-corrected chi connectivity index (χ2v) is 4.49. The molecule has 0 amide bonds. The van der Waals surface area contributed by atoms with Crippen molar-refractivity contribution in [3.05, 3.63) is 65.0 Å². The largest absolute Gasteiger partial charge is 0.386 e. The first kappa shape index (κ1) is 14.4. The van der Waals surface area contributed by atoms with E-state index in [9.17, 15) is 18.3 Å². The fraction of sp³-hybridized carbons (Fsp3) is 0.200. The van der Waals surface area contributed by atoms with Gasteiger partial charge in [-0.25, -0.2) is 13.2 Å². The molecule has 2 aromatic carbocycles. The van der Waals surface area contributed by atoms with Gasteiger partial charge in [-0.15, -0.1) is 0 Å². The molecule has 0 aromatic heterocycles. The standard InChI is InChI=1S/C15H14F3NO/c1-9-7-10(16)5-6-13(9)19-8-14(20)15-11(17)3-2-4-12(15)18/h2-7,14,19-20H,8H2,1H3. The molecule has 2 N–H and O–H groups in total. The van der Waals surface area contributed by atoms with Crippen LogP contribution in [0.1, 0.15) is 17.2 Å². The summed E-state index contributed by atoms with van der Waals surface area (Å²) >= 11 is 0. The van der Waals surface area contributed by atoms with Gasteiger partial charge in [-0.3, -0.25) is 0 Å². The summed E-state index contributed by atoms with van der Waals surface area (Å²) in [5.74, 6) is -1.96. The molecule has 0 fully saturated rings. The van der Waals surface area contributed by atoms with Crippen molar-refractivity contribution < 1.29 is 18.3 Å². The van der Waals surface area contributed by atoms with Gasteiger partial charge in [0.15, 0.2) is 0 Å². The van der Waals surface area contributed by atoms with Gasteiger partial charge >= 0.3 is 0 Å². The maximum atomic E-state index is 13.5. The highest BCUT2D eigenvalue weighted by Gasteiger charge is 2.17. The van der Waals surface area contributed by atoms with Crippen LogP contribution in [-0.2, 0) is 0 Å². The van der Waals surface area contributed by atoms with Crippen LogP contribution in [-0.4, -0.2) is 11.7 Å². The van der Waals surface area contributed by atoms with Crippen molar-refractivity contribution in [1.82, 2.24) is 0 Å². The van der Waals surface area contributed by atoms with E-state index in [1.165, 1.54) is 24.3 Å². The Bertz CT molecular complexity index is 596. The number of hydrogen-bond acceptors (Lipinski definition) is 2. The van der Waals surface area contributed by atoms with E-state index in [2.05, 4.69) is 5.32 Å². The van der Waals surface area contributed by atoms with E-state index >= 15 is 0 Å². The molecule has 0 aliphatic carbocycles. The molecule has 0 aliphatic heterocycles. The second-order valence-electron chi connectivity index (χ2n) is 4.49. The van der Waals surface area contributed by atoms with Gasteiger partial charge in [0.05, 0.1) is 5.56 Å². The van der Waals surface area contributed by atoms with Gasteiger partial charge in [0.1, 0.15) is 23.6 Å². The molecule has 2 nitrogen and oxygen atoms in total. The summed E-state index contributed by atoms with van der Waals surface area (Å²) in [5, 5.41) is 12.7. The van der Waals surface area contributed by atoms with Crippen LogP contribution in [0.2, 0.25) is 0 Å². The number of halogens is 3. The Balaban J connectivity index is 2.11. The number of nitrogens with one attached hydrogen (secondary N) is 1. The average Bonchev–Trinajstić information content (AvgIpc) is 2.37. The molecule has 0 radical (unpaired) electrons. The molecule has 0 aliphatic rings. The third-order valence-electron chi connectivity index (χ3n) is 3.01. The zero-order valence-electron chi connectivity index (χ0n) is 10.8. The highest BCUT2D eigenvalue weighted by atomic mass is 19.1. The first-order valence-corrected chi connectivity index (χ1v) is 6.11. The van der Waals surface area contributed by atoms with E-state index in [0.29, 0.717) is 11.3 Å². The smallest absolute Gasteiger partial charge is 0.132 e. The number of benzene rings is 2. The number of aliphatic hydroxyl groups excluding tert-OH is 1. The Morgan fingerprint density at radius 3 is 2.35 bits per heavy atom. The number of aryl methyl sites for hydroxylation is 1. The van der Waals surface area contributed by atoms with Gasteiger partial charge in [-0.2, -0.15) is 0 Å². The molecule has 0 spiro atoms. The van der Waals surface area contributed by atoms with Crippen molar-refractivity contribution in [2.75, 3.05) is 11.9 Å². The number of rotatable bonds is 4. The molecule has 0 heterocycles. The van der Waals surface area contributed by atoms with Crippen LogP contribution in [0.4, 0.5) is 18.9 Å². The lowest BCUT2D eigenvalue weighted by Crippen LogP contribution is -2.15. The van der Waals surface area contributed by atoms with Gasteiger partial charge in [0, 0.05) is 12.2 Å². The summed E-state index contributed by atoms with van der Waals surface area (Å²) in [4.78, 5) is 0. The minimum atomic E-state index is -1.33. The van der Waals surface area contributed by atoms with Crippen LogP contribution >= 0.6 is 0 Å². The summed E-state index contributed by atoms with van der Waals surface area (Å²) in [5.41, 5.74) is 0.869. The summed E-state index contributed by atoms with van der Waals surface area (Å²) in [6.07, 6.45) is -1.33. The molecule has 106 valence electrons. The summed E-state index contributed by atoms with van der Waals surface area (Å²) < 4.78 is 39.9. The molecule has 1 unspecified atom stereocenters. The SMILES string of the molecule is Cc1cc(F)ccc1NCC(O)c1c(F)cccc1F. The van der Waals surface area contributed by atoms with Crippen LogP contribution in [0.5, 0.6) is 0 Å². The van der Waals surface area contributed by atoms with E-state index in [1.54, 1.807) is 6.92 Å². The average molecular weight is 281 g/mol. The van der Waals surface area contributed by atoms with Crippen LogP contribution < -0.4 is 5.32 Å². The maximum absolute atomic E-state index is 13.5. The van der Waals surface area contributed by atoms with Gasteiger partial charge in [-0.05, 0) is 42.8 Å². The highest BCUT2D eigenvalue weighted by molar-refractivity contribution is 5.50. The van der Waals surface area contributed by atoms with E-state index in [4.69, 9.17) is 0 Å². The Labute approximate surface area is 114 Å². The first-order valence-electron chi connectivity index (χ1n) is 6.11. The van der Waals surface area contributed by atoms with Crippen molar-refractivity contribution in [1.29, 1.82) is 0 Å². The molecule has 2 aromatic rings. The lowest BCUT2D eigenvalue weighted by atomic mass is 10.1. The number of aliphatic hydroxyl groups is 1. The van der Waals surface area contributed by atoms with E-state index in [1.807, 2.05) is 0 Å². The molecule has 0 saturated heterocycles. The van der Waals surface area contributed by atoms with Crippen molar-refractivity contribution in [3.8, 4) is 0 Å². The Morgan fingerprint density at radius 1 is 1.10 bits per heavy atom. The lowest BCUT2D eigenvalue weighted by molar-refractivity contribution is 0.181. The molecular formula is C15H14F3NO. The molecule has 0 bridgehead atoms. The maximum Gasteiger partial charge on any atom is 0.132 e. The Hall–Kier alpha value is -2.01. The molecule has 2 rings (SSSR count). The normalized spacial score (nSPS) is 12.2. The number of hydrogen-bond donors (Lipinski definition) is 2. The minimum Gasteiger partial charge on any atom is -0.386 e. The topological polar surface area (TPSA) is 32.3 Å². The number of anilines is 1. The molecular weight excluding hydrogens is 267 g/mol. The van der Waals surface area contributed by atoms with Crippen LogP contribution in [0.25, 0.3) is 0 Å². The zero-order valence-corrected chi connectivity index (χ0v) is 10.8. The zero-order chi connectivity index (χ0) is 14.7. The molecule has 5 heteroatoms. The third kappa shape index (κ3) is 3.11. The Morgan fingerprint density at radius 2 is 1.75 bits per heavy atom. The van der Waals surface area contributed by atoms with Crippen LogP contribution in [0.15, 0.2) is 36.4 Å².